The van der Waals surface area contributed by atoms with E-state index in [2.05, 4.69) is 12.2 Å². The molecule has 0 aromatic rings. The largest absolute Gasteiger partial charge is 0.356 e. The maximum Gasteiger partial charge on any atom is 0.220 e. The molecule has 0 heterocycles. The Morgan fingerprint density at radius 2 is 2.08 bits per heavy atom. The molecule has 0 aliphatic heterocycles. The summed E-state index contributed by atoms with van der Waals surface area (Å²) in [6.07, 6.45) is 3.55. The third-order valence-corrected chi connectivity index (χ3v) is 1.46. The van der Waals surface area contributed by atoms with Gasteiger partial charge in [0.15, 0.2) is 0 Å². The zero-order valence-corrected chi connectivity index (χ0v) is 8.45. The lowest BCUT2D eigenvalue weighted by atomic mass is 10.3. The number of rotatable bonds is 6. The van der Waals surface area contributed by atoms with E-state index in [0.29, 0.717) is 13.0 Å². The molecule has 0 aliphatic rings. The van der Waals surface area contributed by atoms with E-state index in [4.69, 9.17) is 5.73 Å². The smallest absolute Gasteiger partial charge is 0.220 e. The zero-order valence-electron chi connectivity index (χ0n) is 7.64. The average molecular weight is 195 g/mol. The fourth-order valence-corrected chi connectivity index (χ4v) is 0.756. The molecule has 0 radical (unpaired) electrons. The van der Waals surface area contributed by atoms with Gasteiger partial charge in [-0.15, -0.1) is 12.4 Å². The lowest BCUT2D eigenvalue weighted by molar-refractivity contribution is -0.121. The molecule has 0 aliphatic carbocycles. The van der Waals surface area contributed by atoms with Crippen molar-refractivity contribution in [2.45, 2.75) is 32.6 Å². The molecule has 0 rings (SSSR count). The molecule has 1 amide bonds. The van der Waals surface area contributed by atoms with Crippen LogP contribution in [0.15, 0.2) is 0 Å². The quantitative estimate of drug-likeness (QED) is 0.622. The van der Waals surface area contributed by atoms with Gasteiger partial charge in [-0.05, 0) is 19.4 Å². The second kappa shape index (κ2) is 10.7. The van der Waals surface area contributed by atoms with Gasteiger partial charge in [0.05, 0.1) is 0 Å². The third kappa shape index (κ3) is 9.72. The van der Waals surface area contributed by atoms with Crippen LogP contribution in [0.25, 0.3) is 0 Å². The lowest BCUT2D eigenvalue weighted by Crippen LogP contribution is -2.24. The Morgan fingerprint density at radius 1 is 1.42 bits per heavy atom. The lowest BCUT2D eigenvalue weighted by Gasteiger charge is -2.02. The summed E-state index contributed by atoms with van der Waals surface area (Å²) in [6.45, 7) is 3.51. The Balaban J connectivity index is 0. The van der Waals surface area contributed by atoms with Crippen LogP contribution in [-0.2, 0) is 4.79 Å². The van der Waals surface area contributed by atoms with Gasteiger partial charge in [-0.3, -0.25) is 4.79 Å². The van der Waals surface area contributed by atoms with E-state index >= 15 is 0 Å². The molecular formula is C8H19ClN2O. The second-order valence-electron chi connectivity index (χ2n) is 2.60. The predicted octanol–water partition coefficient (Wildman–Crippen LogP) is 1.06. The third-order valence-electron chi connectivity index (χ3n) is 1.46. The molecule has 3 N–H and O–H groups in total. The highest BCUT2D eigenvalue weighted by atomic mass is 35.5. The van der Waals surface area contributed by atoms with Gasteiger partial charge >= 0.3 is 0 Å². The van der Waals surface area contributed by atoms with Gasteiger partial charge in [0.2, 0.25) is 5.91 Å². The summed E-state index contributed by atoms with van der Waals surface area (Å²) in [6, 6.07) is 0. The summed E-state index contributed by atoms with van der Waals surface area (Å²) >= 11 is 0. The van der Waals surface area contributed by atoms with Crippen molar-refractivity contribution < 1.29 is 4.79 Å². The first-order valence-corrected chi connectivity index (χ1v) is 4.28. The molecule has 0 fully saturated rings. The number of halogens is 1. The van der Waals surface area contributed by atoms with E-state index in [-0.39, 0.29) is 18.3 Å². The van der Waals surface area contributed by atoms with Crippen molar-refractivity contribution in [2.24, 2.45) is 5.73 Å². The molecule has 4 heteroatoms. The molecular weight excluding hydrogens is 176 g/mol. The highest BCUT2D eigenvalue weighted by Crippen LogP contribution is 1.87. The van der Waals surface area contributed by atoms with E-state index in [0.717, 1.165) is 25.8 Å². The first-order valence-electron chi connectivity index (χ1n) is 4.28. The Hall–Kier alpha value is -0.280. The van der Waals surface area contributed by atoms with Gasteiger partial charge in [-0.2, -0.15) is 0 Å². The molecule has 12 heavy (non-hydrogen) atoms. The summed E-state index contributed by atoms with van der Waals surface area (Å²) in [5, 5.41) is 2.82. The van der Waals surface area contributed by atoms with Crippen molar-refractivity contribution in [2.75, 3.05) is 13.1 Å². The fraction of sp³-hybridized carbons (Fsp3) is 0.875. The first-order chi connectivity index (χ1) is 5.31. The average Bonchev–Trinajstić information content (AvgIpc) is 2.01. The predicted molar refractivity (Wildman–Crippen MR) is 53.5 cm³/mol. The van der Waals surface area contributed by atoms with Crippen molar-refractivity contribution in [3.63, 3.8) is 0 Å². The molecule has 0 unspecified atom stereocenters. The summed E-state index contributed by atoms with van der Waals surface area (Å²) in [7, 11) is 0. The van der Waals surface area contributed by atoms with Crippen molar-refractivity contribution in [1.82, 2.24) is 5.32 Å². The SMILES string of the molecule is CCCCNC(=O)CCCN.Cl. The number of nitrogens with two attached hydrogens (primary N) is 1. The molecule has 0 atom stereocenters. The van der Waals surface area contributed by atoms with Gasteiger partial charge in [0.25, 0.3) is 0 Å². The van der Waals surface area contributed by atoms with E-state index in [1.807, 2.05) is 0 Å². The Bertz CT molecular complexity index is 109. The molecule has 0 aromatic carbocycles. The molecule has 0 spiro atoms. The Morgan fingerprint density at radius 3 is 2.58 bits per heavy atom. The van der Waals surface area contributed by atoms with Crippen molar-refractivity contribution in [3.05, 3.63) is 0 Å². The number of carbonyl (C=O) groups is 1. The van der Waals surface area contributed by atoms with Crippen LogP contribution in [0, 0.1) is 0 Å². The first kappa shape index (κ1) is 14.3. The maximum atomic E-state index is 10.9. The van der Waals surface area contributed by atoms with E-state index in [9.17, 15) is 4.79 Å². The van der Waals surface area contributed by atoms with Crippen molar-refractivity contribution in [1.29, 1.82) is 0 Å². The fourth-order valence-electron chi connectivity index (χ4n) is 0.756. The minimum Gasteiger partial charge on any atom is -0.356 e. The topological polar surface area (TPSA) is 55.1 Å². The Kier molecular flexibility index (Phi) is 12.7. The standard InChI is InChI=1S/C8H18N2O.ClH/c1-2-3-7-10-8(11)5-4-6-9;/h2-7,9H2,1H3,(H,10,11);1H. The minimum absolute atomic E-state index is 0. The monoisotopic (exact) mass is 194 g/mol. The Labute approximate surface area is 80.5 Å². The van der Waals surface area contributed by atoms with Gasteiger partial charge < -0.3 is 11.1 Å². The second-order valence-corrected chi connectivity index (χ2v) is 2.60. The van der Waals surface area contributed by atoms with E-state index in [1.54, 1.807) is 0 Å². The van der Waals surface area contributed by atoms with Crippen LogP contribution in [0.1, 0.15) is 32.6 Å². The van der Waals surface area contributed by atoms with E-state index < -0.39 is 0 Å². The van der Waals surface area contributed by atoms with Crippen LogP contribution in [-0.4, -0.2) is 19.0 Å². The maximum absolute atomic E-state index is 10.9. The van der Waals surface area contributed by atoms with Crippen LogP contribution < -0.4 is 11.1 Å². The van der Waals surface area contributed by atoms with Crippen molar-refractivity contribution in [3.8, 4) is 0 Å². The van der Waals surface area contributed by atoms with Gasteiger partial charge in [-0.1, -0.05) is 13.3 Å². The van der Waals surface area contributed by atoms with Crippen molar-refractivity contribution >= 4 is 18.3 Å². The van der Waals surface area contributed by atoms with Gasteiger partial charge in [-0.25, -0.2) is 0 Å². The number of hydrogen-bond acceptors (Lipinski definition) is 2. The molecule has 0 saturated carbocycles. The summed E-state index contributed by atoms with van der Waals surface area (Å²) in [5.74, 6) is 0.129. The van der Waals surface area contributed by atoms with Crippen LogP contribution in [0.5, 0.6) is 0 Å². The van der Waals surface area contributed by atoms with Crippen LogP contribution >= 0.6 is 12.4 Å². The number of hydrogen-bond donors (Lipinski definition) is 2. The summed E-state index contributed by atoms with van der Waals surface area (Å²) in [5.41, 5.74) is 5.25. The highest BCUT2D eigenvalue weighted by Gasteiger charge is 1.97. The number of nitrogens with one attached hydrogen (secondary N) is 1. The molecule has 3 nitrogen and oxygen atoms in total. The minimum atomic E-state index is 0. The molecule has 74 valence electrons. The number of amides is 1. The van der Waals surface area contributed by atoms with Gasteiger partial charge in [0, 0.05) is 13.0 Å². The van der Waals surface area contributed by atoms with Gasteiger partial charge in [0.1, 0.15) is 0 Å². The summed E-state index contributed by atoms with van der Waals surface area (Å²) in [4.78, 5) is 10.9. The normalized spacial score (nSPS) is 8.83. The number of carbonyl (C=O) groups excluding carboxylic acids is 1. The van der Waals surface area contributed by atoms with E-state index in [1.165, 1.54) is 0 Å². The molecule has 0 saturated heterocycles. The molecule has 0 aromatic heterocycles. The van der Waals surface area contributed by atoms with Crippen LogP contribution in [0.3, 0.4) is 0 Å². The molecule has 0 bridgehead atoms. The number of unbranched alkanes of at least 4 members (excludes halogenated alkanes) is 1. The summed E-state index contributed by atoms with van der Waals surface area (Å²) < 4.78 is 0. The van der Waals surface area contributed by atoms with Crippen LogP contribution in [0.2, 0.25) is 0 Å². The zero-order chi connectivity index (χ0) is 8.53. The highest BCUT2D eigenvalue weighted by molar-refractivity contribution is 5.85. The van der Waals surface area contributed by atoms with Crippen LogP contribution in [0.4, 0.5) is 0 Å².